The number of hydrogen-bond acceptors (Lipinski definition) is 6. The molecule has 2 unspecified atom stereocenters. The number of amides is 2. The summed E-state index contributed by atoms with van der Waals surface area (Å²) >= 11 is 11.0. The van der Waals surface area contributed by atoms with E-state index in [1.165, 1.54) is 23.5 Å². The Labute approximate surface area is 102 Å². The van der Waals surface area contributed by atoms with Gasteiger partial charge in [-0.25, -0.2) is 0 Å². The van der Waals surface area contributed by atoms with Crippen LogP contribution in [0.2, 0.25) is 0 Å². The van der Waals surface area contributed by atoms with Gasteiger partial charge in [0, 0.05) is 0 Å². The van der Waals surface area contributed by atoms with Gasteiger partial charge >= 0.3 is 0 Å². The third-order valence-electron chi connectivity index (χ3n) is 1.31. The zero-order chi connectivity index (χ0) is 10.6. The van der Waals surface area contributed by atoms with Crippen molar-refractivity contribution in [3.8, 4) is 0 Å². The molecule has 2 amide bonds. The van der Waals surface area contributed by atoms with E-state index in [2.05, 4.69) is 35.9 Å². The SMILES string of the molecule is O=C1CSC(S)N1.O=C1CSC(S)N1. The molecular weight excluding hydrogens is 260 g/mol. The summed E-state index contributed by atoms with van der Waals surface area (Å²) in [6.45, 7) is 0. The van der Waals surface area contributed by atoms with E-state index >= 15 is 0 Å². The Balaban J connectivity index is 0.000000140. The van der Waals surface area contributed by atoms with E-state index in [4.69, 9.17) is 0 Å². The van der Waals surface area contributed by atoms with E-state index in [1.54, 1.807) is 0 Å². The van der Waals surface area contributed by atoms with Crippen LogP contribution in [0.1, 0.15) is 0 Å². The van der Waals surface area contributed by atoms with Crippen LogP contribution in [0.3, 0.4) is 0 Å². The van der Waals surface area contributed by atoms with Crippen LogP contribution >= 0.6 is 48.8 Å². The zero-order valence-electron chi connectivity index (χ0n) is 7.10. The van der Waals surface area contributed by atoms with Crippen molar-refractivity contribution in [2.45, 2.75) is 9.41 Å². The molecule has 0 saturated carbocycles. The molecule has 2 N–H and O–H groups in total. The smallest absolute Gasteiger partial charge is 0.231 e. The molecule has 2 aliphatic rings. The van der Waals surface area contributed by atoms with Crippen LogP contribution in [-0.4, -0.2) is 32.7 Å². The predicted octanol–water partition coefficient (Wildman–Crippen LogP) is 0.126. The lowest BCUT2D eigenvalue weighted by atomic mass is 10.7. The molecule has 2 atom stereocenters. The summed E-state index contributed by atoms with van der Waals surface area (Å²) in [5, 5.41) is 5.21. The number of thioether (sulfide) groups is 2. The van der Waals surface area contributed by atoms with Crippen LogP contribution in [0.5, 0.6) is 0 Å². The highest BCUT2D eigenvalue weighted by Crippen LogP contribution is 2.17. The van der Waals surface area contributed by atoms with Crippen LogP contribution < -0.4 is 10.6 Å². The third kappa shape index (κ3) is 4.72. The Kier molecular flexibility index (Phi) is 5.35. The van der Waals surface area contributed by atoms with Crippen LogP contribution in [0, 0.1) is 0 Å². The molecule has 0 radical (unpaired) electrons. The summed E-state index contributed by atoms with van der Waals surface area (Å²) in [5.41, 5.74) is 0. The first kappa shape index (κ1) is 12.4. The number of carbonyl (C=O) groups is 2. The minimum Gasteiger partial charge on any atom is -0.335 e. The summed E-state index contributed by atoms with van der Waals surface area (Å²) in [6, 6.07) is 0. The molecule has 0 bridgehead atoms. The summed E-state index contributed by atoms with van der Waals surface area (Å²) in [4.78, 5) is 20.5. The maximum atomic E-state index is 10.3. The van der Waals surface area contributed by atoms with Gasteiger partial charge in [0.2, 0.25) is 11.8 Å². The van der Waals surface area contributed by atoms with Crippen LogP contribution in [0.15, 0.2) is 0 Å². The second kappa shape index (κ2) is 6.04. The molecule has 4 nitrogen and oxygen atoms in total. The van der Waals surface area contributed by atoms with Crippen molar-refractivity contribution in [3.05, 3.63) is 0 Å². The molecule has 0 aromatic carbocycles. The van der Waals surface area contributed by atoms with E-state index in [1.807, 2.05) is 0 Å². The maximum Gasteiger partial charge on any atom is 0.231 e. The van der Waals surface area contributed by atoms with Gasteiger partial charge in [-0.1, -0.05) is 0 Å². The Morgan fingerprint density at radius 2 is 1.36 bits per heavy atom. The van der Waals surface area contributed by atoms with Gasteiger partial charge in [0.15, 0.2) is 0 Å². The number of rotatable bonds is 0. The lowest BCUT2D eigenvalue weighted by Crippen LogP contribution is -2.19. The average molecular weight is 270 g/mol. The Bertz CT molecular complexity index is 214. The van der Waals surface area contributed by atoms with Crippen molar-refractivity contribution in [1.29, 1.82) is 0 Å². The van der Waals surface area contributed by atoms with Crippen molar-refractivity contribution in [2.75, 3.05) is 11.5 Å². The standard InChI is InChI=1S/2C3H5NOS2/c2*5-2-1-7-3(6)4-2/h2*3,6H,1H2,(H,4,5). The lowest BCUT2D eigenvalue weighted by Gasteiger charge is -1.93. The Hall–Kier alpha value is 0.340. The average Bonchev–Trinajstić information content (AvgIpc) is 2.63. The molecule has 8 heteroatoms. The molecule has 14 heavy (non-hydrogen) atoms. The van der Waals surface area contributed by atoms with Gasteiger partial charge in [0.05, 0.1) is 11.5 Å². The van der Waals surface area contributed by atoms with Crippen molar-refractivity contribution < 1.29 is 9.59 Å². The van der Waals surface area contributed by atoms with E-state index in [0.717, 1.165) is 0 Å². The van der Waals surface area contributed by atoms with Crippen LogP contribution in [0.25, 0.3) is 0 Å². The molecule has 0 aliphatic carbocycles. The topological polar surface area (TPSA) is 58.2 Å². The van der Waals surface area contributed by atoms with Gasteiger partial charge < -0.3 is 10.6 Å². The maximum absolute atomic E-state index is 10.3. The summed E-state index contributed by atoms with van der Waals surface area (Å²) in [5.74, 6) is 1.30. The van der Waals surface area contributed by atoms with Crippen molar-refractivity contribution in [3.63, 3.8) is 0 Å². The fourth-order valence-corrected chi connectivity index (χ4v) is 2.70. The monoisotopic (exact) mass is 270 g/mol. The van der Waals surface area contributed by atoms with Gasteiger partial charge in [-0.05, 0) is 0 Å². The molecule has 2 rings (SSSR count). The second-order valence-corrected chi connectivity index (χ2v) is 6.38. The molecule has 2 aliphatic heterocycles. The first-order valence-electron chi connectivity index (χ1n) is 3.76. The fraction of sp³-hybridized carbons (Fsp3) is 0.667. The largest absolute Gasteiger partial charge is 0.335 e. The number of thiol groups is 2. The number of hydrogen-bond donors (Lipinski definition) is 4. The molecule has 2 saturated heterocycles. The minimum absolute atomic E-state index is 0.0347. The Morgan fingerprint density at radius 3 is 1.43 bits per heavy atom. The highest BCUT2D eigenvalue weighted by molar-refractivity contribution is 8.11. The minimum atomic E-state index is 0.0347. The van der Waals surface area contributed by atoms with Crippen molar-refractivity contribution in [1.82, 2.24) is 10.6 Å². The highest BCUT2D eigenvalue weighted by Gasteiger charge is 2.16. The predicted molar refractivity (Wildman–Crippen MR) is 66.7 cm³/mol. The van der Waals surface area contributed by atoms with E-state index in [0.29, 0.717) is 11.5 Å². The second-order valence-electron chi connectivity index (χ2n) is 2.46. The fourth-order valence-electron chi connectivity index (χ4n) is 0.751. The third-order valence-corrected chi connectivity index (χ3v) is 4.19. The lowest BCUT2D eigenvalue weighted by molar-refractivity contribution is -0.118. The zero-order valence-corrected chi connectivity index (χ0v) is 10.5. The first-order chi connectivity index (χ1) is 6.58. The first-order valence-corrected chi connectivity index (χ1v) is 6.89. The molecule has 0 aromatic rings. The molecule has 0 aromatic heterocycles. The molecule has 80 valence electrons. The Morgan fingerprint density at radius 1 is 1.00 bits per heavy atom. The highest BCUT2D eigenvalue weighted by atomic mass is 32.2. The van der Waals surface area contributed by atoms with Gasteiger partial charge in [0.1, 0.15) is 9.41 Å². The van der Waals surface area contributed by atoms with Gasteiger partial charge in [-0.15, -0.1) is 48.8 Å². The van der Waals surface area contributed by atoms with E-state index in [9.17, 15) is 9.59 Å². The summed E-state index contributed by atoms with van der Waals surface area (Å²) in [7, 11) is 0. The number of carbonyl (C=O) groups excluding carboxylic acids is 2. The number of nitrogens with one attached hydrogen (secondary N) is 2. The summed E-state index contributed by atoms with van der Waals surface area (Å²) < 4.78 is 0.0694. The van der Waals surface area contributed by atoms with E-state index in [-0.39, 0.29) is 21.2 Å². The molecule has 2 heterocycles. The van der Waals surface area contributed by atoms with Gasteiger partial charge in [-0.2, -0.15) is 0 Å². The molecule has 2 fully saturated rings. The normalized spacial score (nSPS) is 30.4. The quantitative estimate of drug-likeness (QED) is 0.473. The van der Waals surface area contributed by atoms with Crippen molar-refractivity contribution in [2.24, 2.45) is 0 Å². The van der Waals surface area contributed by atoms with E-state index < -0.39 is 0 Å². The van der Waals surface area contributed by atoms with Gasteiger partial charge in [-0.3, -0.25) is 9.59 Å². The van der Waals surface area contributed by atoms with Crippen molar-refractivity contribution >= 4 is 60.6 Å². The molecular formula is C6H10N2O2S4. The molecule has 0 spiro atoms. The van der Waals surface area contributed by atoms with Crippen LogP contribution in [0.4, 0.5) is 0 Å². The van der Waals surface area contributed by atoms with Crippen LogP contribution in [-0.2, 0) is 9.59 Å². The van der Waals surface area contributed by atoms with Gasteiger partial charge in [0.25, 0.3) is 0 Å². The summed E-state index contributed by atoms with van der Waals surface area (Å²) in [6.07, 6.45) is 0.